The highest BCUT2D eigenvalue weighted by atomic mass is 32.1. The number of nitrogens with zero attached hydrogens (tertiary/aromatic N) is 1. The van der Waals surface area contributed by atoms with Crippen LogP contribution in [0.4, 0.5) is 6.01 Å². The molecule has 0 saturated heterocycles. The molecule has 0 saturated carbocycles. The van der Waals surface area contributed by atoms with Crippen molar-refractivity contribution in [3.8, 4) is 0 Å². The standard InChI is InChI=1S/C7H6N2O2S/c1-3-2-4-5(12-3)9-7(8)11-6(4)10/h2H,1H3,(H2,8,9). The minimum atomic E-state index is -0.415. The lowest BCUT2D eigenvalue weighted by atomic mass is 10.4. The van der Waals surface area contributed by atoms with Crippen molar-refractivity contribution in [2.24, 2.45) is 0 Å². The lowest BCUT2D eigenvalue weighted by Gasteiger charge is -1.88. The zero-order valence-corrected chi connectivity index (χ0v) is 7.14. The molecule has 0 aliphatic heterocycles. The molecule has 2 aromatic rings. The van der Waals surface area contributed by atoms with Crippen LogP contribution in [0, 0.1) is 6.92 Å². The average Bonchev–Trinajstić information content (AvgIpc) is 2.29. The SMILES string of the molecule is Cc1cc2c(=O)oc(N)nc2s1. The quantitative estimate of drug-likeness (QED) is 0.663. The van der Waals surface area contributed by atoms with Crippen LogP contribution in [0.2, 0.25) is 0 Å². The van der Waals surface area contributed by atoms with Gasteiger partial charge in [0.05, 0.1) is 5.39 Å². The van der Waals surface area contributed by atoms with E-state index in [1.807, 2.05) is 6.92 Å². The van der Waals surface area contributed by atoms with Crippen LogP contribution < -0.4 is 11.4 Å². The van der Waals surface area contributed by atoms with Gasteiger partial charge in [0.1, 0.15) is 4.83 Å². The van der Waals surface area contributed by atoms with Crippen molar-refractivity contribution in [2.45, 2.75) is 6.92 Å². The van der Waals surface area contributed by atoms with Gasteiger partial charge >= 0.3 is 5.63 Å². The Morgan fingerprint density at radius 2 is 2.42 bits per heavy atom. The van der Waals surface area contributed by atoms with Gasteiger partial charge in [-0.2, -0.15) is 4.98 Å². The number of rotatable bonds is 0. The molecule has 0 aromatic carbocycles. The molecule has 0 aliphatic carbocycles. The van der Waals surface area contributed by atoms with Crippen molar-refractivity contribution in [1.82, 2.24) is 4.98 Å². The van der Waals surface area contributed by atoms with Crippen molar-refractivity contribution in [3.05, 3.63) is 21.4 Å². The van der Waals surface area contributed by atoms with E-state index in [4.69, 9.17) is 5.73 Å². The Morgan fingerprint density at radius 1 is 1.67 bits per heavy atom. The molecule has 4 nitrogen and oxygen atoms in total. The maximum Gasteiger partial charge on any atom is 0.349 e. The first-order valence-corrected chi connectivity index (χ1v) is 4.15. The van der Waals surface area contributed by atoms with Gasteiger partial charge in [0, 0.05) is 4.88 Å². The van der Waals surface area contributed by atoms with E-state index in [9.17, 15) is 4.79 Å². The molecular weight excluding hydrogens is 176 g/mol. The van der Waals surface area contributed by atoms with E-state index in [0.29, 0.717) is 10.2 Å². The van der Waals surface area contributed by atoms with Crippen LogP contribution >= 0.6 is 11.3 Å². The molecule has 0 fully saturated rings. The molecular formula is C7H6N2O2S. The van der Waals surface area contributed by atoms with Crippen molar-refractivity contribution in [2.75, 3.05) is 5.73 Å². The highest BCUT2D eigenvalue weighted by molar-refractivity contribution is 7.18. The second kappa shape index (κ2) is 2.31. The first-order chi connectivity index (χ1) is 5.66. The summed E-state index contributed by atoms with van der Waals surface area (Å²) < 4.78 is 4.62. The van der Waals surface area contributed by atoms with E-state index >= 15 is 0 Å². The van der Waals surface area contributed by atoms with E-state index in [-0.39, 0.29) is 6.01 Å². The van der Waals surface area contributed by atoms with Gasteiger partial charge in [-0.15, -0.1) is 11.3 Å². The summed E-state index contributed by atoms with van der Waals surface area (Å²) in [5.41, 5.74) is 4.85. The van der Waals surface area contributed by atoms with E-state index in [1.54, 1.807) is 6.07 Å². The van der Waals surface area contributed by atoms with Gasteiger partial charge in [0.2, 0.25) is 0 Å². The van der Waals surface area contributed by atoms with Crippen LogP contribution in [0.1, 0.15) is 4.88 Å². The summed E-state index contributed by atoms with van der Waals surface area (Å²) in [6.07, 6.45) is 0. The number of aryl methyl sites for hydroxylation is 1. The van der Waals surface area contributed by atoms with Gasteiger partial charge in [-0.3, -0.25) is 0 Å². The zero-order valence-electron chi connectivity index (χ0n) is 6.33. The van der Waals surface area contributed by atoms with Gasteiger partial charge in [-0.1, -0.05) is 0 Å². The Hall–Kier alpha value is -1.36. The van der Waals surface area contributed by atoms with E-state index in [2.05, 4.69) is 9.40 Å². The van der Waals surface area contributed by atoms with Gasteiger partial charge in [0.15, 0.2) is 0 Å². The molecule has 0 atom stereocenters. The summed E-state index contributed by atoms with van der Waals surface area (Å²) in [7, 11) is 0. The number of thiophene rings is 1. The molecule has 0 radical (unpaired) electrons. The van der Waals surface area contributed by atoms with Gasteiger partial charge in [-0.25, -0.2) is 4.79 Å². The fraction of sp³-hybridized carbons (Fsp3) is 0.143. The Bertz CT molecular complexity index is 486. The summed E-state index contributed by atoms with van der Waals surface area (Å²) in [5.74, 6) is 0. The first-order valence-electron chi connectivity index (χ1n) is 3.33. The third-order valence-corrected chi connectivity index (χ3v) is 2.41. The highest BCUT2D eigenvalue weighted by Crippen LogP contribution is 2.20. The maximum atomic E-state index is 11.1. The Kier molecular flexibility index (Phi) is 1.41. The Balaban J connectivity index is 2.98. The minimum Gasteiger partial charge on any atom is -0.389 e. The molecule has 2 heterocycles. The molecule has 0 amide bonds. The number of nitrogen functional groups attached to an aromatic ring is 1. The lowest BCUT2D eigenvalue weighted by molar-refractivity contribution is 0.525. The molecule has 5 heteroatoms. The second-order valence-electron chi connectivity index (χ2n) is 2.42. The van der Waals surface area contributed by atoms with Gasteiger partial charge in [-0.05, 0) is 13.0 Å². The van der Waals surface area contributed by atoms with Crippen molar-refractivity contribution < 1.29 is 4.42 Å². The fourth-order valence-corrected chi connectivity index (χ4v) is 1.87. The van der Waals surface area contributed by atoms with Crippen molar-refractivity contribution in [3.63, 3.8) is 0 Å². The molecule has 2 rings (SSSR count). The van der Waals surface area contributed by atoms with Crippen molar-refractivity contribution >= 4 is 27.6 Å². The lowest BCUT2D eigenvalue weighted by Crippen LogP contribution is -2.02. The highest BCUT2D eigenvalue weighted by Gasteiger charge is 2.06. The predicted octanol–water partition coefficient (Wildman–Crippen LogP) is 1.14. The van der Waals surface area contributed by atoms with Crippen LogP contribution in [0.3, 0.4) is 0 Å². The predicted molar refractivity (Wildman–Crippen MR) is 47.3 cm³/mol. The number of hydrogen-bond acceptors (Lipinski definition) is 5. The summed E-state index contributed by atoms with van der Waals surface area (Å²) in [6, 6.07) is 1.67. The van der Waals surface area contributed by atoms with E-state index in [1.165, 1.54) is 11.3 Å². The van der Waals surface area contributed by atoms with Crippen LogP contribution in [-0.4, -0.2) is 4.98 Å². The molecule has 0 spiro atoms. The summed E-state index contributed by atoms with van der Waals surface area (Å²) in [5, 5.41) is 0.506. The zero-order chi connectivity index (χ0) is 8.72. The topological polar surface area (TPSA) is 69.1 Å². The van der Waals surface area contributed by atoms with Crippen LogP contribution in [-0.2, 0) is 0 Å². The summed E-state index contributed by atoms with van der Waals surface area (Å²) in [4.78, 5) is 16.7. The normalized spacial score (nSPS) is 10.8. The molecule has 2 aromatic heterocycles. The van der Waals surface area contributed by atoms with Crippen LogP contribution in [0.25, 0.3) is 10.2 Å². The number of nitrogens with two attached hydrogens (primary N) is 1. The fourth-order valence-electron chi connectivity index (χ4n) is 1.00. The minimum absolute atomic E-state index is 0.0747. The molecule has 0 bridgehead atoms. The Labute approximate surface area is 71.6 Å². The first kappa shape index (κ1) is 7.30. The number of hydrogen-bond donors (Lipinski definition) is 1. The third kappa shape index (κ3) is 0.984. The smallest absolute Gasteiger partial charge is 0.349 e. The van der Waals surface area contributed by atoms with Gasteiger partial charge < -0.3 is 10.2 Å². The third-order valence-electron chi connectivity index (χ3n) is 1.46. The van der Waals surface area contributed by atoms with Gasteiger partial charge in [0.25, 0.3) is 6.01 Å². The van der Waals surface area contributed by atoms with Crippen LogP contribution in [0.5, 0.6) is 0 Å². The number of fused-ring (bicyclic) bond motifs is 1. The van der Waals surface area contributed by atoms with Crippen LogP contribution in [0.15, 0.2) is 15.3 Å². The molecule has 12 heavy (non-hydrogen) atoms. The monoisotopic (exact) mass is 182 g/mol. The van der Waals surface area contributed by atoms with E-state index < -0.39 is 5.63 Å². The van der Waals surface area contributed by atoms with Crippen molar-refractivity contribution in [1.29, 1.82) is 0 Å². The average molecular weight is 182 g/mol. The molecule has 2 N–H and O–H groups in total. The number of aromatic nitrogens is 1. The summed E-state index contributed by atoms with van der Waals surface area (Å²) >= 11 is 1.43. The van der Waals surface area contributed by atoms with E-state index in [0.717, 1.165) is 4.88 Å². The molecule has 0 aliphatic rings. The number of anilines is 1. The molecule has 62 valence electrons. The summed E-state index contributed by atoms with van der Waals surface area (Å²) in [6.45, 7) is 1.90. The second-order valence-corrected chi connectivity index (χ2v) is 3.65. The molecule has 0 unspecified atom stereocenters. The largest absolute Gasteiger partial charge is 0.389 e. The Morgan fingerprint density at radius 3 is 3.17 bits per heavy atom. The maximum absolute atomic E-state index is 11.1.